The summed E-state index contributed by atoms with van der Waals surface area (Å²) in [5.41, 5.74) is 0. The Morgan fingerprint density at radius 1 is 0.299 bits per heavy atom. The van der Waals surface area contributed by atoms with Crippen LogP contribution in [0.25, 0.3) is 0 Å². The summed E-state index contributed by atoms with van der Waals surface area (Å²) >= 11 is 0. The van der Waals surface area contributed by atoms with E-state index in [0.717, 1.165) is 63.7 Å². The van der Waals surface area contributed by atoms with Gasteiger partial charge in [-0.2, -0.15) is 0 Å². The summed E-state index contributed by atoms with van der Waals surface area (Å²) < 4.78 is 16.9. The highest BCUT2D eigenvalue weighted by Gasteiger charge is 2.19. The van der Waals surface area contributed by atoms with Crippen molar-refractivity contribution in [2.75, 3.05) is 13.2 Å². The van der Waals surface area contributed by atoms with Crippen molar-refractivity contribution in [1.29, 1.82) is 0 Å². The number of rotatable bonds is 56. The molecule has 0 heterocycles. The first-order valence-electron chi connectivity index (χ1n) is 30.4. The fourth-order valence-electron chi connectivity index (χ4n) is 9.42. The molecule has 2 atom stereocenters. The smallest absolute Gasteiger partial charge is 0.306 e. The predicted octanol–water partition coefficient (Wildman–Crippen LogP) is 20.2. The van der Waals surface area contributed by atoms with E-state index in [1.165, 1.54) is 244 Å². The lowest BCUT2D eigenvalue weighted by Crippen LogP contribution is -2.30. The Morgan fingerprint density at radius 2 is 0.522 bits per heavy atom. The van der Waals surface area contributed by atoms with Gasteiger partial charge in [0.2, 0.25) is 0 Å². The van der Waals surface area contributed by atoms with Gasteiger partial charge >= 0.3 is 17.9 Å². The van der Waals surface area contributed by atoms with E-state index in [-0.39, 0.29) is 31.1 Å². The van der Waals surface area contributed by atoms with Gasteiger partial charge in [-0.05, 0) is 25.2 Å². The zero-order chi connectivity index (χ0) is 48.8. The second-order valence-corrected chi connectivity index (χ2v) is 21.2. The zero-order valence-electron chi connectivity index (χ0n) is 45.9. The topological polar surface area (TPSA) is 78.9 Å². The van der Waals surface area contributed by atoms with E-state index in [1.807, 2.05) is 0 Å². The molecule has 1 unspecified atom stereocenters. The molecule has 0 aromatic heterocycles. The molecule has 0 radical (unpaired) electrons. The third-order valence-electron chi connectivity index (χ3n) is 14.4. The SMILES string of the molecule is CCCCCCCCCCCCCCCCCCCCCC(=O)OC[C@@H](COC(=O)CCCCCCCCCCCCCC)OC(=O)CCCCCCCCCCCCCCCCC(C)CC. The molecule has 0 aromatic carbocycles. The number of hydrogen-bond acceptors (Lipinski definition) is 6. The second kappa shape index (κ2) is 55.3. The molecule has 0 fully saturated rings. The van der Waals surface area contributed by atoms with Crippen LogP contribution in [-0.4, -0.2) is 37.2 Å². The number of esters is 3. The molecule has 0 amide bonds. The second-order valence-electron chi connectivity index (χ2n) is 21.2. The summed E-state index contributed by atoms with van der Waals surface area (Å²) in [7, 11) is 0. The summed E-state index contributed by atoms with van der Waals surface area (Å²) in [6.45, 7) is 9.11. The monoisotopic (exact) mass is 947 g/mol. The van der Waals surface area contributed by atoms with Gasteiger partial charge in [0.1, 0.15) is 13.2 Å². The molecule has 0 aliphatic heterocycles. The summed E-state index contributed by atoms with van der Waals surface area (Å²) in [6, 6.07) is 0. The lowest BCUT2D eigenvalue weighted by atomic mass is 9.99. The standard InChI is InChI=1S/C61H118O6/c1-5-8-10-12-14-16-18-20-21-22-23-24-25-29-33-37-41-45-49-53-60(63)66-56-58(55-65-59(62)52-48-44-40-36-32-19-17-15-13-11-9-6-2)67-61(64)54-50-46-42-38-34-30-27-26-28-31-35-39-43-47-51-57(4)7-3/h57-58H,5-56H2,1-4H3/t57?,58-/m1/s1. The van der Waals surface area contributed by atoms with Crippen molar-refractivity contribution in [2.24, 2.45) is 5.92 Å². The minimum absolute atomic E-state index is 0.0615. The number of carbonyl (C=O) groups excluding carboxylic acids is 3. The molecule has 0 aliphatic rings. The molecule has 0 rings (SSSR count). The Labute approximate surface area is 418 Å². The van der Waals surface area contributed by atoms with Crippen molar-refractivity contribution in [2.45, 2.75) is 355 Å². The third kappa shape index (κ3) is 53.6. The minimum atomic E-state index is -0.762. The lowest BCUT2D eigenvalue weighted by molar-refractivity contribution is -0.167. The van der Waals surface area contributed by atoms with Gasteiger partial charge < -0.3 is 14.2 Å². The van der Waals surface area contributed by atoms with E-state index in [4.69, 9.17) is 14.2 Å². The molecular weight excluding hydrogens is 829 g/mol. The lowest BCUT2D eigenvalue weighted by Gasteiger charge is -2.18. The molecule has 6 nitrogen and oxygen atoms in total. The summed E-state index contributed by atoms with van der Waals surface area (Å²) in [4.78, 5) is 38.2. The number of ether oxygens (including phenoxy) is 3. The van der Waals surface area contributed by atoms with E-state index < -0.39 is 6.10 Å². The molecule has 0 saturated carbocycles. The molecule has 398 valence electrons. The summed E-state index contributed by atoms with van der Waals surface area (Å²) in [5.74, 6) is 0.0620. The van der Waals surface area contributed by atoms with Crippen molar-refractivity contribution < 1.29 is 28.6 Å². The van der Waals surface area contributed by atoms with Gasteiger partial charge in [0.25, 0.3) is 0 Å². The fraction of sp³-hybridized carbons (Fsp3) is 0.951. The highest BCUT2D eigenvalue weighted by molar-refractivity contribution is 5.71. The van der Waals surface area contributed by atoms with Gasteiger partial charge in [0, 0.05) is 19.3 Å². The maximum atomic E-state index is 12.9. The number of hydrogen-bond donors (Lipinski definition) is 0. The van der Waals surface area contributed by atoms with E-state index >= 15 is 0 Å². The highest BCUT2D eigenvalue weighted by Crippen LogP contribution is 2.19. The maximum Gasteiger partial charge on any atom is 0.306 e. The Morgan fingerprint density at radius 3 is 0.776 bits per heavy atom. The molecule has 0 spiro atoms. The van der Waals surface area contributed by atoms with Crippen LogP contribution < -0.4 is 0 Å². The van der Waals surface area contributed by atoms with Gasteiger partial charge in [0.05, 0.1) is 0 Å². The van der Waals surface area contributed by atoms with E-state index in [1.54, 1.807) is 0 Å². The van der Waals surface area contributed by atoms with Crippen LogP contribution in [-0.2, 0) is 28.6 Å². The van der Waals surface area contributed by atoms with Crippen LogP contribution in [0.3, 0.4) is 0 Å². The molecule has 0 aromatic rings. The zero-order valence-corrected chi connectivity index (χ0v) is 45.9. The number of unbranched alkanes of at least 4 members (excludes halogenated alkanes) is 42. The summed E-state index contributed by atoms with van der Waals surface area (Å²) in [6.07, 6.45) is 60.9. The molecule has 67 heavy (non-hydrogen) atoms. The third-order valence-corrected chi connectivity index (χ3v) is 14.4. The van der Waals surface area contributed by atoms with Crippen LogP contribution in [0, 0.1) is 5.92 Å². The Balaban J connectivity index is 4.26. The Bertz CT molecular complexity index is 1010. The van der Waals surface area contributed by atoms with E-state index in [2.05, 4.69) is 27.7 Å². The fourth-order valence-corrected chi connectivity index (χ4v) is 9.42. The molecule has 0 bridgehead atoms. The first kappa shape index (κ1) is 65.4. The first-order valence-corrected chi connectivity index (χ1v) is 30.4. The van der Waals surface area contributed by atoms with Crippen molar-refractivity contribution in [1.82, 2.24) is 0 Å². The summed E-state index contributed by atoms with van der Waals surface area (Å²) in [5, 5.41) is 0. The average Bonchev–Trinajstić information content (AvgIpc) is 3.33. The van der Waals surface area contributed by atoms with Crippen LogP contribution in [0.15, 0.2) is 0 Å². The molecule has 0 N–H and O–H groups in total. The van der Waals surface area contributed by atoms with Gasteiger partial charge in [0.15, 0.2) is 6.10 Å². The van der Waals surface area contributed by atoms with Gasteiger partial charge in [-0.15, -0.1) is 0 Å². The predicted molar refractivity (Wildman–Crippen MR) is 289 cm³/mol. The maximum absolute atomic E-state index is 12.9. The Kier molecular flexibility index (Phi) is 54.0. The van der Waals surface area contributed by atoms with Crippen molar-refractivity contribution in [3.05, 3.63) is 0 Å². The van der Waals surface area contributed by atoms with E-state index in [9.17, 15) is 14.4 Å². The van der Waals surface area contributed by atoms with Crippen LogP contribution >= 0.6 is 0 Å². The van der Waals surface area contributed by atoms with Crippen LogP contribution in [0.1, 0.15) is 349 Å². The van der Waals surface area contributed by atoms with Gasteiger partial charge in [-0.3, -0.25) is 14.4 Å². The van der Waals surface area contributed by atoms with Crippen molar-refractivity contribution in [3.8, 4) is 0 Å². The molecular formula is C61H118O6. The van der Waals surface area contributed by atoms with Crippen LogP contribution in [0.5, 0.6) is 0 Å². The quantitative estimate of drug-likeness (QED) is 0.0343. The normalized spacial score (nSPS) is 12.4. The van der Waals surface area contributed by atoms with Crippen molar-refractivity contribution >= 4 is 17.9 Å². The van der Waals surface area contributed by atoms with E-state index in [0.29, 0.717) is 19.3 Å². The number of carbonyl (C=O) groups is 3. The average molecular weight is 948 g/mol. The minimum Gasteiger partial charge on any atom is -0.462 e. The van der Waals surface area contributed by atoms with Gasteiger partial charge in [-0.25, -0.2) is 0 Å². The highest BCUT2D eigenvalue weighted by atomic mass is 16.6. The van der Waals surface area contributed by atoms with Crippen LogP contribution in [0.4, 0.5) is 0 Å². The largest absolute Gasteiger partial charge is 0.462 e. The molecule has 6 heteroatoms. The van der Waals surface area contributed by atoms with Crippen LogP contribution in [0.2, 0.25) is 0 Å². The molecule has 0 saturated heterocycles. The Hall–Kier alpha value is -1.59. The van der Waals surface area contributed by atoms with Crippen molar-refractivity contribution in [3.63, 3.8) is 0 Å². The van der Waals surface area contributed by atoms with Gasteiger partial charge in [-0.1, -0.05) is 310 Å². The molecule has 0 aliphatic carbocycles. The first-order chi connectivity index (χ1) is 32.9.